The van der Waals surface area contributed by atoms with Crippen molar-refractivity contribution in [1.29, 1.82) is 0 Å². The standard InChI is InChI=1S/C39H52N6O6/c1-38(2,3)32(44-37(50)51)34(47)42-28(22-26-15-17-27(18-16-26)29-14-10-11-19-40-29)24-31(46)30(23-25-12-8-7-9-13-25)43-35(48)33(39(4,5)6)45-21-20-41-36(45)49/h7-19,28,30-33,44,46H,20-24H2,1-6H3,(H,41,49)(H,42,47)(H,43,48)(H,50,51)/t28-,30+,31+,32-,33-/m1/s1. The van der Waals surface area contributed by atoms with Crippen molar-refractivity contribution in [3.05, 3.63) is 90.1 Å². The van der Waals surface area contributed by atoms with Crippen molar-refractivity contribution in [2.75, 3.05) is 13.1 Å². The molecule has 0 saturated carbocycles. The van der Waals surface area contributed by atoms with E-state index in [2.05, 4.69) is 26.3 Å². The highest BCUT2D eigenvalue weighted by molar-refractivity contribution is 5.89. The molecule has 1 aliphatic rings. The SMILES string of the molecule is CC(C)(C)[C@H](NC(=O)O)C(=O)N[C@H](Cc1ccc(-c2ccccn2)cc1)C[C@H](O)[C@H](Cc1ccccc1)NC(=O)[C@@H](N1CCNC1=O)C(C)(C)C. The average Bonchev–Trinajstić information content (AvgIpc) is 3.47. The van der Waals surface area contributed by atoms with E-state index in [-0.39, 0.29) is 18.4 Å². The molecule has 51 heavy (non-hydrogen) atoms. The van der Waals surface area contributed by atoms with Gasteiger partial charge in [0.2, 0.25) is 11.8 Å². The lowest BCUT2D eigenvalue weighted by molar-refractivity contribution is -0.130. The van der Waals surface area contributed by atoms with Gasteiger partial charge in [0.1, 0.15) is 12.1 Å². The predicted octanol–water partition coefficient (Wildman–Crippen LogP) is 4.38. The van der Waals surface area contributed by atoms with Crippen LogP contribution in [0, 0.1) is 10.8 Å². The molecule has 1 aliphatic heterocycles. The minimum atomic E-state index is -1.32. The highest BCUT2D eigenvalue weighted by Gasteiger charge is 2.42. The van der Waals surface area contributed by atoms with Gasteiger partial charge in [0.25, 0.3) is 0 Å². The average molecular weight is 701 g/mol. The lowest BCUT2D eigenvalue weighted by atomic mass is 9.84. The van der Waals surface area contributed by atoms with Crippen LogP contribution >= 0.6 is 0 Å². The van der Waals surface area contributed by atoms with Gasteiger partial charge in [-0.15, -0.1) is 0 Å². The van der Waals surface area contributed by atoms with Crippen LogP contribution in [0.25, 0.3) is 11.3 Å². The number of pyridine rings is 1. The molecule has 1 saturated heterocycles. The van der Waals surface area contributed by atoms with E-state index in [1.54, 1.807) is 27.0 Å². The van der Waals surface area contributed by atoms with E-state index in [4.69, 9.17) is 0 Å². The summed E-state index contributed by atoms with van der Waals surface area (Å²) >= 11 is 0. The van der Waals surface area contributed by atoms with E-state index in [1.165, 1.54) is 4.90 Å². The molecule has 5 atom stereocenters. The van der Waals surface area contributed by atoms with E-state index < -0.39 is 53.1 Å². The summed E-state index contributed by atoms with van der Waals surface area (Å²) in [6.07, 6.45) is -0.0826. The number of aliphatic hydroxyl groups is 1. The molecule has 0 spiro atoms. The Kier molecular flexibility index (Phi) is 12.8. The zero-order chi connectivity index (χ0) is 37.3. The Labute approximate surface area is 300 Å². The number of aromatic nitrogens is 1. The van der Waals surface area contributed by atoms with Crippen LogP contribution in [0.3, 0.4) is 0 Å². The molecule has 0 unspecified atom stereocenters. The number of hydrogen-bond acceptors (Lipinski definition) is 6. The molecule has 5 amide bonds. The van der Waals surface area contributed by atoms with Gasteiger partial charge in [-0.25, -0.2) is 9.59 Å². The van der Waals surface area contributed by atoms with Crippen molar-refractivity contribution in [1.82, 2.24) is 31.2 Å². The van der Waals surface area contributed by atoms with Gasteiger partial charge in [-0.2, -0.15) is 0 Å². The number of rotatable bonds is 14. The Balaban J connectivity index is 1.64. The highest BCUT2D eigenvalue weighted by Crippen LogP contribution is 2.27. The van der Waals surface area contributed by atoms with Gasteiger partial charge in [0.15, 0.2) is 0 Å². The largest absolute Gasteiger partial charge is 0.465 e. The number of carboxylic acid groups (broad SMARTS) is 1. The Morgan fingerprint density at radius 1 is 0.824 bits per heavy atom. The number of hydrogen-bond donors (Lipinski definition) is 6. The fourth-order valence-electron chi connectivity index (χ4n) is 6.51. The normalized spacial score (nSPS) is 16.3. The van der Waals surface area contributed by atoms with Crippen LogP contribution in [0.15, 0.2) is 79.0 Å². The summed E-state index contributed by atoms with van der Waals surface area (Å²) in [4.78, 5) is 58.1. The number of amides is 5. The fourth-order valence-corrected chi connectivity index (χ4v) is 6.51. The molecule has 6 N–H and O–H groups in total. The van der Waals surface area contributed by atoms with Crippen LogP contribution in [0.5, 0.6) is 0 Å². The Bertz CT molecular complexity index is 1620. The van der Waals surface area contributed by atoms with Gasteiger partial charge >= 0.3 is 12.1 Å². The van der Waals surface area contributed by atoms with E-state index >= 15 is 0 Å². The first kappa shape index (κ1) is 38.8. The molecule has 1 fully saturated rings. The summed E-state index contributed by atoms with van der Waals surface area (Å²) in [7, 11) is 0. The van der Waals surface area contributed by atoms with Crippen LogP contribution in [0.4, 0.5) is 9.59 Å². The van der Waals surface area contributed by atoms with Crippen LogP contribution < -0.4 is 21.3 Å². The summed E-state index contributed by atoms with van der Waals surface area (Å²) in [5.41, 5.74) is 2.15. The minimum Gasteiger partial charge on any atom is -0.465 e. The summed E-state index contributed by atoms with van der Waals surface area (Å²) in [6.45, 7) is 11.8. The molecule has 1 aromatic heterocycles. The Morgan fingerprint density at radius 3 is 2.02 bits per heavy atom. The molecule has 2 aromatic carbocycles. The van der Waals surface area contributed by atoms with Crippen molar-refractivity contribution in [3.63, 3.8) is 0 Å². The van der Waals surface area contributed by atoms with Crippen molar-refractivity contribution in [2.24, 2.45) is 10.8 Å². The number of urea groups is 1. The maximum atomic E-state index is 14.1. The summed E-state index contributed by atoms with van der Waals surface area (Å²) in [6, 6.07) is 19.3. The van der Waals surface area contributed by atoms with Gasteiger partial charge in [0.05, 0.1) is 17.8 Å². The van der Waals surface area contributed by atoms with Gasteiger partial charge < -0.3 is 36.4 Å². The summed E-state index contributed by atoms with van der Waals surface area (Å²) in [5.74, 6) is -0.910. The fraction of sp³-hybridized carbons (Fsp3) is 0.462. The van der Waals surface area contributed by atoms with Crippen LogP contribution in [0.1, 0.15) is 59.1 Å². The lowest BCUT2D eigenvalue weighted by Crippen LogP contribution is -2.59. The Morgan fingerprint density at radius 2 is 1.47 bits per heavy atom. The van der Waals surface area contributed by atoms with Gasteiger partial charge in [-0.1, -0.05) is 102 Å². The zero-order valence-electron chi connectivity index (χ0n) is 30.3. The molecule has 0 aliphatic carbocycles. The van der Waals surface area contributed by atoms with Gasteiger partial charge in [0, 0.05) is 30.9 Å². The highest BCUT2D eigenvalue weighted by atomic mass is 16.4. The number of aliphatic hydroxyl groups excluding tert-OH is 1. The monoisotopic (exact) mass is 700 g/mol. The van der Waals surface area contributed by atoms with E-state index in [9.17, 15) is 29.4 Å². The lowest BCUT2D eigenvalue weighted by Gasteiger charge is -2.38. The maximum absolute atomic E-state index is 14.1. The quantitative estimate of drug-likeness (QED) is 0.145. The Hall–Kier alpha value is -4.97. The summed E-state index contributed by atoms with van der Waals surface area (Å²) < 4.78 is 0. The first-order valence-corrected chi connectivity index (χ1v) is 17.4. The first-order chi connectivity index (χ1) is 24.0. The maximum Gasteiger partial charge on any atom is 0.405 e. The van der Waals surface area contributed by atoms with Crippen molar-refractivity contribution < 1.29 is 29.4 Å². The minimum absolute atomic E-state index is 0.0415. The smallest absolute Gasteiger partial charge is 0.405 e. The molecule has 274 valence electrons. The first-order valence-electron chi connectivity index (χ1n) is 17.4. The van der Waals surface area contributed by atoms with E-state index in [1.807, 2.05) is 93.6 Å². The topological polar surface area (TPSA) is 173 Å². The number of benzene rings is 2. The molecular weight excluding hydrogens is 648 g/mol. The van der Waals surface area contributed by atoms with Crippen LogP contribution in [-0.2, 0) is 22.4 Å². The summed E-state index contributed by atoms with van der Waals surface area (Å²) in [5, 5.41) is 32.7. The van der Waals surface area contributed by atoms with Crippen LogP contribution in [-0.4, -0.2) is 87.4 Å². The molecule has 0 bridgehead atoms. The number of nitrogens with zero attached hydrogens (tertiary/aromatic N) is 2. The zero-order valence-corrected chi connectivity index (χ0v) is 30.3. The second kappa shape index (κ2) is 16.8. The molecule has 12 heteroatoms. The van der Waals surface area contributed by atoms with Gasteiger partial charge in [-0.05, 0) is 53.4 Å². The van der Waals surface area contributed by atoms with Crippen molar-refractivity contribution in [3.8, 4) is 11.3 Å². The van der Waals surface area contributed by atoms with Crippen molar-refractivity contribution in [2.45, 2.75) is 91.1 Å². The second-order valence-corrected chi connectivity index (χ2v) is 15.4. The third kappa shape index (κ3) is 11.0. The predicted molar refractivity (Wildman–Crippen MR) is 196 cm³/mol. The molecule has 2 heterocycles. The molecule has 4 rings (SSSR count). The number of carbonyl (C=O) groups is 4. The molecular formula is C39H52N6O6. The van der Waals surface area contributed by atoms with E-state index in [0.29, 0.717) is 25.9 Å². The molecule has 3 aromatic rings. The van der Waals surface area contributed by atoms with Gasteiger partial charge in [-0.3, -0.25) is 14.6 Å². The molecule has 0 radical (unpaired) electrons. The second-order valence-electron chi connectivity index (χ2n) is 15.4. The van der Waals surface area contributed by atoms with Crippen LogP contribution in [0.2, 0.25) is 0 Å². The third-order valence-electron chi connectivity index (χ3n) is 9.03. The number of carbonyl (C=O) groups excluding carboxylic acids is 3. The van der Waals surface area contributed by atoms with Crippen molar-refractivity contribution >= 4 is 23.9 Å². The van der Waals surface area contributed by atoms with E-state index in [0.717, 1.165) is 22.4 Å². The number of nitrogens with one attached hydrogen (secondary N) is 4. The molecule has 12 nitrogen and oxygen atoms in total. The third-order valence-corrected chi connectivity index (χ3v) is 9.03.